The molecule has 0 spiro atoms. The summed E-state index contributed by atoms with van der Waals surface area (Å²) in [5.41, 5.74) is -0.0127. The van der Waals surface area contributed by atoms with Crippen LogP contribution in [0.25, 0.3) is 11.3 Å². The highest BCUT2D eigenvalue weighted by Gasteiger charge is 2.44. The van der Waals surface area contributed by atoms with Crippen LogP contribution in [0.1, 0.15) is 17.2 Å². The van der Waals surface area contributed by atoms with Crippen molar-refractivity contribution in [3.63, 3.8) is 0 Å². The molecule has 4 aromatic rings. The molecule has 2 heterocycles. The highest BCUT2D eigenvalue weighted by atomic mass is 19.4. The molecule has 13 heteroatoms. The Morgan fingerprint density at radius 1 is 0.882 bits per heavy atom. The van der Waals surface area contributed by atoms with Crippen LogP contribution in [0.15, 0.2) is 67.3 Å². The van der Waals surface area contributed by atoms with Crippen molar-refractivity contribution >= 4 is 0 Å². The third-order valence-electron chi connectivity index (χ3n) is 4.85. The average molecular weight is 480 g/mol. The molecule has 0 fully saturated rings. The molecular formula is C21H14F6N6O. The van der Waals surface area contributed by atoms with E-state index >= 15 is 8.78 Å². The minimum atomic E-state index is -4.84. The van der Waals surface area contributed by atoms with Gasteiger partial charge in [0, 0.05) is 5.56 Å². The van der Waals surface area contributed by atoms with Crippen molar-refractivity contribution in [3.05, 3.63) is 84.3 Å². The van der Waals surface area contributed by atoms with Crippen molar-refractivity contribution in [1.82, 2.24) is 30.2 Å². The summed E-state index contributed by atoms with van der Waals surface area (Å²) in [6, 6.07) is 9.35. The fourth-order valence-electron chi connectivity index (χ4n) is 3.23. The van der Waals surface area contributed by atoms with Crippen LogP contribution in [0.4, 0.5) is 26.3 Å². The molecule has 4 rings (SSSR count). The summed E-state index contributed by atoms with van der Waals surface area (Å²) in [5.74, 6) is -6.07. The van der Waals surface area contributed by atoms with Crippen molar-refractivity contribution < 1.29 is 31.1 Å². The van der Waals surface area contributed by atoms with E-state index in [-0.39, 0.29) is 17.8 Å². The quantitative estimate of drug-likeness (QED) is 0.356. The van der Waals surface area contributed by atoms with Crippen LogP contribution in [0.5, 0.6) is 5.75 Å². The van der Waals surface area contributed by atoms with Crippen molar-refractivity contribution in [2.75, 3.05) is 0 Å². The van der Waals surface area contributed by atoms with Gasteiger partial charge in [-0.1, -0.05) is 12.1 Å². The largest absolute Gasteiger partial charge is 0.573 e. The zero-order valence-corrected chi connectivity index (χ0v) is 17.0. The van der Waals surface area contributed by atoms with E-state index in [0.29, 0.717) is 5.56 Å². The summed E-state index contributed by atoms with van der Waals surface area (Å²) in [5, 5.41) is 10.5. The highest BCUT2D eigenvalue weighted by molar-refractivity contribution is 5.59. The van der Waals surface area contributed by atoms with E-state index < -0.39 is 35.5 Å². The Kier molecular flexibility index (Phi) is 6.18. The number of halogens is 6. The Labute approximate surface area is 188 Å². The van der Waals surface area contributed by atoms with Crippen LogP contribution in [0.2, 0.25) is 0 Å². The topological polar surface area (TPSA) is 78.6 Å². The van der Waals surface area contributed by atoms with Gasteiger partial charge < -0.3 is 4.74 Å². The predicted molar refractivity (Wildman–Crippen MR) is 105 cm³/mol. The minimum Gasteiger partial charge on any atom is -0.406 e. The van der Waals surface area contributed by atoms with Crippen LogP contribution in [0, 0.1) is 5.82 Å². The first-order valence-corrected chi connectivity index (χ1v) is 9.64. The molecule has 0 aliphatic rings. The molecule has 7 nitrogen and oxygen atoms in total. The van der Waals surface area contributed by atoms with Crippen molar-refractivity contribution in [3.8, 4) is 17.0 Å². The summed E-state index contributed by atoms with van der Waals surface area (Å²) in [7, 11) is 0. The number of rotatable bonds is 7. The van der Waals surface area contributed by atoms with Gasteiger partial charge >= 0.3 is 6.36 Å². The Bertz CT molecular complexity index is 1210. The van der Waals surface area contributed by atoms with Gasteiger partial charge in [-0.15, -0.1) is 18.3 Å². The normalized spacial score (nSPS) is 13.0. The molecule has 176 valence electrons. The first-order chi connectivity index (χ1) is 16.1. The molecule has 0 amide bonds. The Morgan fingerprint density at radius 3 is 2.15 bits per heavy atom. The predicted octanol–water partition coefficient (Wildman–Crippen LogP) is 4.74. The molecule has 2 aromatic heterocycles. The zero-order chi connectivity index (χ0) is 24.3. The molecule has 0 aliphatic heterocycles. The van der Waals surface area contributed by atoms with Crippen LogP contribution in [-0.4, -0.2) is 36.5 Å². The van der Waals surface area contributed by atoms with Crippen molar-refractivity contribution in [2.24, 2.45) is 0 Å². The van der Waals surface area contributed by atoms with E-state index in [2.05, 4.69) is 30.2 Å². The number of alkyl halides is 5. The van der Waals surface area contributed by atoms with E-state index in [4.69, 9.17) is 0 Å². The third kappa shape index (κ3) is 5.30. The fraction of sp³-hybridized carbons (Fsp3) is 0.190. The van der Waals surface area contributed by atoms with E-state index in [9.17, 15) is 17.6 Å². The Hall–Kier alpha value is -4.03. The fourth-order valence-corrected chi connectivity index (χ4v) is 3.23. The van der Waals surface area contributed by atoms with E-state index in [0.717, 1.165) is 41.3 Å². The molecule has 0 bridgehead atoms. The van der Waals surface area contributed by atoms with E-state index in [1.807, 2.05) is 0 Å². The van der Waals surface area contributed by atoms with Crippen molar-refractivity contribution in [1.29, 1.82) is 0 Å². The lowest BCUT2D eigenvalue weighted by Gasteiger charge is -2.26. The number of hydrogen-bond acceptors (Lipinski definition) is 6. The molecule has 0 saturated heterocycles. The molecule has 1 atom stereocenters. The third-order valence-corrected chi connectivity index (χ3v) is 4.85. The van der Waals surface area contributed by atoms with Gasteiger partial charge in [0.05, 0.1) is 30.6 Å². The zero-order valence-electron chi connectivity index (χ0n) is 17.0. The SMILES string of the molecule is Fc1ccc(C(Cn2cnnn2)C(F)(F)c2cnc(-c3ccc(OC(F)(F)F)cc3)cn2)cc1. The number of tetrazole rings is 1. The first-order valence-electron chi connectivity index (χ1n) is 9.64. The van der Waals surface area contributed by atoms with Crippen LogP contribution >= 0.6 is 0 Å². The second kappa shape index (κ2) is 9.08. The van der Waals surface area contributed by atoms with Crippen LogP contribution in [-0.2, 0) is 12.5 Å². The Morgan fingerprint density at radius 2 is 1.59 bits per heavy atom. The lowest BCUT2D eigenvalue weighted by Crippen LogP contribution is -2.29. The minimum absolute atomic E-state index is 0.132. The molecule has 1 unspecified atom stereocenters. The number of benzene rings is 2. The summed E-state index contributed by atoms with van der Waals surface area (Å²) in [6.45, 7) is -0.324. The summed E-state index contributed by atoms with van der Waals surface area (Å²) >= 11 is 0. The van der Waals surface area contributed by atoms with Crippen molar-refractivity contribution in [2.45, 2.75) is 24.7 Å². The van der Waals surface area contributed by atoms with Gasteiger partial charge in [-0.25, -0.2) is 9.07 Å². The Balaban J connectivity index is 1.60. The average Bonchev–Trinajstić information content (AvgIpc) is 3.31. The molecule has 0 radical (unpaired) electrons. The highest BCUT2D eigenvalue weighted by Crippen LogP contribution is 2.42. The molecule has 0 N–H and O–H groups in total. The lowest BCUT2D eigenvalue weighted by atomic mass is 9.90. The standard InChI is InChI=1S/C21H14F6N6O/c22-15-5-1-13(2-6-15)17(11-33-12-30-31-32-33)20(23,24)19-10-28-18(9-29-19)14-3-7-16(8-4-14)34-21(25,26)27/h1-10,12,17H,11H2. The summed E-state index contributed by atoms with van der Waals surface area (Å²) < 4.78 is 86.3. The van der Waals surface area contributed by atoms with Gasteiger partial charge in [0.2, 0.25) is 0 Å². The van der Waals surface area contributed by atoms with Gasteiger partial charge in [-0.05, 0) is 52.4 Å². The summed E-state index contributed by atoms with van der Waals surface area (Å²) in [6.07, 6.45) is -1.70. The maximum atomic E-state index is 15.5. The molecule has 0 aliphatic carbocycles. The van der Waals surface area contributed by atoms with Gasteiger partial charge in [-0.2, -0.15) is 8.78 Å². The first kappa shape index (κ1) is 23.1. The van der Waals surface area contributed by atoms with Gasteiger partial charge in [0.1, 0.15) is 23.6 Å². The summed E-state index contributed by atoms with van der Waals surface area (Å²) in [4.78, 5) is 7.84. The second-order valence-corrected chi connectivity index (χ2v) is 7.12. The number of aromatic nitrogens is 6. The molecule has 0 saturated carbocycles. The molecule has 2 aromatic carbocycles. The van der Waals surface area contributed by atoms with Gasteiger partial charge in [0.15, 0.2) is 0 Å². The van der Waals surface area contributed by atoms with Gasteiger partial charge in [0.25, 0.3) is 5.92 Å². The number of nitrogens with zero attached hydrogens (tertiary/aromatic N) is 6. The monoisotopic (exact) mass is 480 g/mol. The van der Waals surface area contributed by atoms with E-state index in [1.54, 1.807) is 0 Å². The van der Waals surface area contributed by atoms with Crippen LogP contribution in [0.3, 0.4) is 0 Å². The van der Waals surface area contributed by atoms with Gasteiger partial charge in [-0.3, -0.25) is 9.97 Å². The smallest absolute Gasteiger partial charge is 0.406 e. The van der Waals surface area contributed by atoms with E-state index in [1.165, 1.54) is 30.6 Å². The molecular weight excluding hydrogens is 466 g/mol. The maximum absolute atomic E-state index is 15.5. The number of ether oxygens (including phenoxy) is 1. The maximum Gasteiger partial charge on any atom is 0.573 e. The number of hydrogen-bond donors (Lipinski definition) is 0. The molecule has 34 heavy (non-hydrogen) atoms. The second-order valence-electron chi connectivity index (χ2n) is 7.12. The van der Waals surface area contributed by atoms with Crippen LogP contribution < -0.4 is 4.74 Å². The lowest BCUT2D eigenvalue weighted by molar-refractivity contribution is -0.274.